The number of ether oxygens (including phenoxy) is 2. The maximum Gasteiger partial charge on any atom is 0.177 e. The van der Waals surface area contributed by atoms with E-state index in [2.05, 4.69) is 13.0 Å². The zero-order chi connectivity index (χ0) is 8.65. The quantitative estimate of drug-likeness (QED) is 0.466. The van der Waals surface area contributed by atoms with Crippen LogP contribution in [0, 0.1) is 0 Å². The second kappa shape index (κ2) is 6.21. The fourth-order valence-corrected chi connectivity index (χ4v) is 1.21. The molecule has 0 radical (unpaired) electrons. The monoisotopic (exact) mass is 170 g/mol. The summed E-state index contributed by atoms with van der Waals surface area (Å²) in [6.45, 7) is 3.70. The first-order chi connectivity index (χ1) is 5.93. The van der Waals surface area contributed by atoms with Gasteiger partial charge in [0.1, 0.15) is 0 Å². The smallest absolute Gasteiger partial charge is 0.177 e. The third-order valence-electron chi connectivity index (χ3n) is 1.92. The van der Waals surface area contributed by atoms with Crippen LogP contribution in [-0.2, 0) is 9.47 Å². The molecule has 1 heterocycles. The van der Waals surface area contributed by atoms with E-state index in [9.17, 15) is 0 Å². The molecule has 0 saturated carbocycles. The van der Waals surface area contributed by atoms with Crippen LogP contribution in [-0.4, -0.2) is 19.5 Å². The minimum absolute atomic E-state index is 0.0633. The van der Waals surface area contributed by atoms with Crippen LogP contribution in [0.15, 0.2) is 12.2 Å². The van der Waals surface area contributed by atoms with Crippen LogP contribution >= 0.6 is 0 Å². The zero-order valence-corrected chi connectivity index (χ0v) is 7.79. The standard InChI is InChI=1S/C10H18O2/c1-2-3-4-5-6-7-10-11-8-9-12-10/h6-7,10H,2-5,8-9H2,1H3/b7-6-. The van der Waals surface area contributed by atoms with E-state index in [1.807, 2.05) is 6.08 Å². The van der Waals surface area contributed by atoms with Crippen LogP contribution in [0.1, 0.15) is 32.6 Å². The highest BCUT2D eigenvalue weighted by atomic mass is 16.7. The Bertz CT molecular complexity index is 126. The maximum absolute atomic E-state index is 5.25. The lowest BCUT2D eigenvalue weighted by Crippen LogP contribution is -2.01. The second-order valence-corrected chi connectivity index (χ2v) is 3.03. The average molecular weight is 170 g/mol. The molecule has 1 rings (SSSR count). The largest absolute Gasteiger partial charge is 0.347 e. The van der Waals surface area contributed by atoms with Crippen LogP contribution < -0.4 is 0 Å². The van der Waals surface area contributed by atoms with Gasteiger partial charge in [0.15, 0.2) is 6.29 Å². The molecular weight excluding hydrogens is 152 g/mol. The highest BCUT2D eigenvalue weighted by Crippen LogP contribution is 2.06. The van der Waals surface area contributed by atoms with E-state index in [0.717, 1.165) is 19.6 Å². The number of unbranched alkanes of at least 4 members (excludes halogenated alkanes) is 3. The van der Waals surface area contributed by atoms with Crippen molar-refractivity contribution in [3.63, 3.8) is 0 Å². The molecule has 0 atom stereocenters. The molecule has 0 bridgehead atoms. The molecule has 1 aliphatic heterocycles. The molecule has 1 aliphatic rings. The summed E-state index contributed by atoms with van der Waals surface area (Å²) in [7, 11) is 0. The molecule has 1 saturated heterocycles. The molecule has 2 nitrogen and oxygen atoms in total. The first-order valence-electron chi connectivity index (χ1n) is 4.83. The van der Waals surface area contributed by atoms with Crippen molar-refractivity contribution >= 4 is 0 Å². The summed E-state index contributed by atoms with van der Waals surface area (Å²) >= 11 is 0. The predicted molar refractivity (Wildman–Crippen MR) is 49.0 cm³/mol. The van der Waals surface area contributed by atoms with Gasteiger partial charge in [0, 0.05) is 0 Å². The Hall–Kier alpha value is -0.340. The third-order valence-corrected chi connectivity index (χ3v) is 1.92. The van der Waals surface area contributed by atoms with Crippen molar-refractivity contribution in [2.24, 2.45) is 0 Å². The summed E-state index contributed by atoms with van der Waals surface area (Å²) in [6, 6.07) is 0. The Morgan fingerprint density at radius 1 is 1.25 bits per heavy atom. The average Bonchev–Trinajstić information content (AvgIpc) is 2.57. The number of hydrogen-bond acceptors (Lipinski definition) is 2. The Morgan fingerprint density at radius 2 is 2.00 bits per heavy atom. The molecule has 0 spiro atoms. The molecule has 0 aromatic heterocycles. The highest BCUT2D eigenvalue weighted by Gasteiger charge is 2.10. The van der Waals surface area contributed by atoms with E-state index in [-0.39, 0.29) is 6.29 Å². The molecular formula is C10H18O2. The summed E-state index contributed by atoms with van der Waals surface area (Å²) in [4.78, 5) is 0. The van der Waals surface area contributed by atoms with Crippen molar-refractivity contribution in [1.82, 2.24) is 0 Å². The van der Waals surface area contributed by atoms with E-state index in [1.54, 1.807) is 0 Å². The molecule has 12 heavy (non-hydrogen) atoms. The predicted octanol–water partition coefficient (Wildman–Crippen LogP) is 2.50. The van der Waals surface area contributed by atoms with E-state index < -0.39 is 0 Å². The Labute approximate surface area is 74.6 Å². The minimum atomic E-state index is -0.0633. The normalized spacial score (nSPS) is 19.4. The van der Waals surface area contributed by atoms with Gasteiger partial charge in [-0.2, -0.15) is 0 Å². The summed E-state index contributed by atoms with van der Waals surface area (Å²) in [5.41, 5.74) is 0. The van der Waals surface area contributed by atoms with E-state index >= 15 is 0 Å². The molecule has 2 heteroatoms. The van der Waals surface area contributed by atoms with Crippen LogP contribution in [0.2, 0.25) is 0 Å². The van der Waals surface area contributed by atoms with Gasteiger partial charge in [0.05, 0.1) is 13.2 Å². The maximum atomic E-state index is 5.25. The number of hydrogen-bond donors (Lipinski definition) is 0. The van der Waals surface area contributed by atoms with Gasteiger partial charge in [-0.05, 0) is 18.9 Å². The number of rotatable bonds is 5. The first-order valence-corrected chi connectivity index (χ1v) is 4.83. The Morgan fingerprint density at radius 3 is 2.67 bits per heavy atom. The van der Waals surface area contributed by atoms with Crippen LogP contribution in [0.3, 0.4) is 0 Å². The molecule has 0 aromatic rings. The van der Waals surface area contributed by atoms with Gasteiger partial charge in [0.2, 0.25) is 0 Å². The van der Waals surface area contributed by atoms with Crippen molar-refractivity contribution in [2.75, 3.05) is 13.2 Å². The topological polar surface area (TPSA) is 18.5 Å². The number of allylic oxidation sites excluding steroid dienone is 1. The van der Waals surface area contributed by atoms with Crippen molar-refractivity contribution in [1.29, 1.82) is 0 Å². The van der Waals surface area contributed by atoms with Crippen LogP contribution in [0.4, 0.5) is 0 Å². The van der Waals surface area contributed by atoms with Gasteiger partial charge < -0.3 is 9.47 Å². The molecule has 0 N–H and O–H groups in total. The van der Waals surface area contributed by atoms with Gasteiger partial charge in [0.25, 0.3) is 0 Å². The van der Waals surface area contributed by atoms with Crippen molar-refractivity contribution in [2.45, 2.75) is 38.9 Å². The molecule has 70 valence electrons. The lowest BCUT2D eigenvalue weighted by Gasteiger charge is -2.00. The summed E-state index contributed by atoms with van der Waals surface area (Å²) in [5.74, 6) is 0. The van der Waals surface area contributed by atoms with Gasteiger partial charge in [-0.15, -0.1) is 0 Å². The Balaban J connectivity index is 1.97. The lowest BCUT2D eigenvalue weighted by molar-refractivity contribution is -0.00173. The lowest BCUT2D eigenvalue weighted by atomic mass is 10.2. The minimum Gasteiger partial charge on any atom is -0.347 e. The van der Waals surface area contributed by atoms with Gasteiger partial charge in [-0.3, -0.25) is 0 Å². The fourth-order valence-electron chi connectivity index (χ4n) is 1.21. The summed E-state index contributed by atoms with van der Waals surface area (Å²) in [5, 5.41) is 0. The SMILES string of the molecule is CCCCC/C=C\C1OCCO1. The van der Waals surface area contributed by atoms with Gasteiger partial charge >= 0.3 is 0 Å². The molecule has 0 unspecified atom stereocenters. The Kier molecular flexibility index (Phi) is 5.04. The van der Waals surface area contributed by atoms with Gasteiger partial charge in [-0.25, -0.2) is 0 Å². The van der Waals surface area contributed by atoms with Crippen molar-refractivity contribution < 1.29 is 9.47 Å². The van der Waals surface area contributed by atoms with Gasteiger partial charge in [-0.1, -0.05) is 25.8 Å². The zero-order valence-electron chi connectivity index (χ0n) is 7.79. The first kappa shape index (κ1) is 9.75. The summed E-state index contributed by atoms with van der Waals surface area (Å²) < 4.78 is 10.5. The van der Waals surface area contributed by atoms with Crippen LogP contribution in [0.5, 0.6) is 0 Å². The van der Waals surface area contributed by atoms with E-state index in [1.165, 1.54) is 19.3 Å². The second-order valence-electron chi connectivity index (χ2n) is 3.03. The van der Waals surface area contributed by atoms with E-state index in [0.29, 0.717) is 0 Å². The van der Waals surface area contributed by atoms with Crippen LogP contribution in [0.25, 0.3) is 0 Å². The van der Waals surface area contributed by atoms with E-state index in [4.69, 9.17) is 9.47 Å². The molecule has 0 aromatic carbocycles. The summed E-state index contributed by atoms with van der Waals surface area (Å²) in [6.07, 6.45) is 9.14. The molecule has 0 aliphatic carbocycles. The van der Waals surface area contributed by atoms with Crippen molar-refractivity contribution in [3.05, 3.63) is 12.2 Å². The molecule has 1 fully saturated rings. The molecule has 0 amide bonds. The van der Waals surface area contributed by atoms with Crippen molar-refractivity contribution in [3.8, 4) is 0 Å². The third kappa shape index (κ3) is 3.88. The fraction of sp³-hybridized carbons (Fsp3) is 0.800. The highest BCUT2D eigenvalue weighted by molar-refractivity contribution is 4.86.